The summed E-state index contributed by atoms with van der Waals surface area (Å²) in [6, 6.07) is 5.86. The summed E-state index contributed by atoms with van der Waals surface area (Å²) in [6.07, 6.45) is 3.18. The Labute approximate surface area is 72.4 Å². The van der Waals surface area contributed by atoms with E-state index >= 15 is 0 Å². The van der Waals surface area contributed by atoms with Gasteiger partial charge >= 0.3 is 0 Å². The SMILES string of the molecule is C=CN=Cc1ccc(C)cc1N. The average molecular weight is 160 g/mol. The lowest BCUT2D eigenvalue weighted by atomic mass is 10.1. The average Bonchev–Trinajstić information content (AvgIpc) is 2.03. The van der Waals surface area contributed by atoms with E-state index in [1.54, 1.807) is 6.21 Å². The van der Waals surface area contributed by atoms with Gasteiger partial charge in [-0.2, -0.15) is 0 Å². The molecule has 2 N–H and O–H groups in total. The van der Waals surface area contributed by atoms with Gasteiger partial charge < -0.3 is 5.73 Å². The molecule has 0 atom stereocenters. The van der Waals surface area contributed by atoms with Crippen molar-refractivity contribution in [2.75, 3.05) is 5.73 Å². The molecule has 0 radical (unpaired) electrons. The Kier molecular flexibility index (Phi) is 2.64. The van der Waals surface area contributed by atoms with E-state index in [1.165, 1.54) is 6.20 Å². The quantitative estimate of drug-likeness (QED) is 0.522. The van der Waals surface area contributed by atoms with Crippen LogP contribution in [0.15, 0.2) is 36.0 Å². The third-order valence-electron chi connectivity index (χ3n) is 1.56. The number of nitrogen functional groups attached to an aromatic ring is 1. The van der Waals surface area contributed by atoms with Gasteiger partial charge in [-0.15, -0.1) is 0 Å². The van der Waals surface area contributed by atoms with Crippen LogP contribution in [0.25, 0.3) is 0 Å². The van der Waals surface area contributed by atoms with Gasteiger partial charge in [0, 0.05) is 23.7 Å². The lowest BCUT2D eigenvalue weighted by molar-refractivity contribution is 1.46. The molecule has 0 aliphatic heterocycles. The van der Waals surface area contributed by atoms with Crippen molar-refractivity contribution in [1.29, 1.82) is 0 Å². The second-order valence-electron chi connectivity index (χ2n) is 2.59. The Bertz CT molecular complexity index is 314. The van der Waals surface area contributed by atoms with Crippen LogP contribution >= 0.6 is 0 Å². The van der Waals surface area contributed by atoms with Crippen molar-refractivity contribution in [1.82, 2.24) is 0 Å². The predicted octanol–water partition coefficient (Wildman–Crippen LogP) is 2.14. The van der Waals surface area contributed by atoms with Crippen molar-refractivity contribution < 1.29 is 0 Å². The summed E-state index contributed by atoms with van der Waals surface area (Å²) in [5.41, 5.74) is 8.57. The van der Waals surface area contributed by atoms with Crippen LogP contribution in [-0.2, 0) is 0 Å². The van der Waals surface area contributed by atoms with Crippen LogP contribution in [-0.4, -0.2) is 6.21 Å². The number of aryl methyl sites for hydroxylation is 1. The van der Waals surface area contributed by atoms with Gasteiger partial charge in [0.05, 0.1) is 0 Å². The highest BCUT2D eigenvalue weighted by Crippen LogP contribution is 2.11. The Morgan fingerprint density at radius 1 is 1.50 bits per heavy atom. The van der Waals surface area contributed by atoms with E-state index in [2.05, 4.69) is 11.6 Å². The summed E-state index contributed by atoms with van der Waals surface area (Å²) in [5, 5.41) is 0. The van der Waals surface area contributed by atoms with Gasteiger partial charge in [-0.1, -0.05) is 18.7 Å². The molecule has 12 heavy (non-hydrogen) atoms. The monoisotopic (exact) mass is 160 g/mol. The summed E-state index contributed by atoms with van der Waals surface area (Å²) >= 11 is 0. The molecule has 1 aromatic carbocycles. The molecule has 0 amide bonds. The van der Waals surface area contributed by atoms with Crippen LogP contribution in [0.5, 0.6) is 0 Å². The molecule has 0 spiro atoms. The van der Waals surface area contributed by atoms with E-state index in [0.29, 0.717) is 0 Å². The van der Waals surface area contributed by atoms with Crippen LogP contribution in [0, 0.1) is 6.92 Å². The molecule has 0 aliphatic rings. The summed E-state index contributed by atoms with van der Waals surface area (Å²) in [6.45, 7) is 5.49. The molecular weight excluding hydrogens is 148 g/mol. The molecule has 1 rings (SSSR count). The van der Waals surface area contributed by atoms with Crippen molar-refractivity contribution in [2.24, 2.45) is 4.99 Å². The highest BCUT2D eigenvalue weighted by molar-refractivity contribution is 5.87. The number of nitrogens with zero attached hydrogens (tertiary/aromatic N) is 1. The Hall–Kier alpha value is -1.57. The smallest absolute Gasteiger partial charge is 0.0405 e. The molecule has 0 unspecified atom stereocenters. The van der Waals surface area contributed by atoms with Crippen LogP contribution in [0.2, 0.25) is 0 Å². The zero-order valence-electron chi connectivity index (χ0n) is 7.12. The highest BCUT2D eigenvalue weighted by Gasteiger charge is 1.93. The molecule has 0 bridgehead atoms. The normalized spacial score (nSPS) is 10.4. The van der Waals surface area contributed by atoms with Gasteiger partial charge in [0.25, 0.3) is 0 Å². The number of aliphatic imine (C=N–C) groups is 1. The van der Waals surface area contributed by atoms with Gasteiger partial charge in [0.15, 0.2) is 0 Å². The first-order valence-corrected chi connectivity index (χ1v) is 3.74. The maximum Gasteiger partial charge on any atom is 0.0405 e. The second-order valence-corrected chi connectivity index (χ2v) is 2.59. The molecule has 2 nitrogen and oxygen atoms in total. The third kappa shape index (κ3) is 1.95. The lowest BCUT2D eigenvalue weighted by Gasteiger charge is -1.99. The standard InChI is InChI=1S/C10H12N2/c1-3-12-7-9-5-4-8(2)6-10(9)11/h3-7H,1,11H2,2H3. The summed E-state index contributed by atoms with van der Waals surface area (Å²) in [7, 11) is 0. The molecule has 0 saturated heterocycles. The molecule has 62 valence electrons. The minimum absolute atomic E-state index is 0.751. The predicted molar refractivity (Wildman–Crippen MR) is 53.4 cm³/mol. The summed E-state index contributed by atoms with van der Waals surface area (Å²) in [4.78, 5) is 3.89. The molecule has 0 heterocycles. The molecule has 1 aromatic rings. The Morgan fingerprint density at radius 2 is 2.25 bits per heavy atom. The first-order chi connectivity index (χ1) is 5.74. The Balaban J connectivity index is 3.01. The molecule has 0 saturated carbocycles. The van der Waals surface area contributed by atoms with Gasteiger partial charge in [-0.05, 0) is 18.6 Å². The molecular formula is C10H12N2. The van der Waals surface area contributed by atoms with Crippen LogP contribution in [0.4, 0.5) is 5.69 Å². The fourth-order valence-corrected chi connectivity index (χ4v) is 0.945. The minimum Gasteiger partial charge on any atom is -0.398 e. The van der Waals surface area contributed by atoms with Crippen molar-refractivity contribution in [3.63, 3.8) is 0 Å². The maximum atomic E-state index is 5.74. The first-order valence-electron chi connectivity index (χ1n) is 3.74. The van der Waals surface area contributed by atoms with E-state index in [-0.39, 0.29) is 0 Å². The van der Waals surface area contributed by atoms with E-state index in [1.807, 2.05) is 25.1 Å². The van der Waals surface area contributed by atoms with Gasteiger partial charge in [-0.3, -0.25) is 4.99 Å². The zero-order chi connectivity index (χ0) is 8.97. The Morgan fingerprint density at radius 3 is 2.83 bits per heavy atom. The number of anilines is 1. The van der Waals surface area contributed by atoms with Crippen molar-refractivity contribution in [3.8, 4) is 0 Å². The van der Waals surface area contributed by atoms with E-state index in [4.69, 9.17) is 5.73 Å². The number of nitrogens with two attached hydrogens (primary N) is 1. The number of hydrogen-bond acceptors (Lipinski definition) is 2. The van der Waals surface area contributed by atoms with Crippen molar-refractivity contribution in [3.05, 3.63) is 42.1 Å². The second kappa shape index (κ2) is 3.72. The maximum absolute atomic E-state index is 5.74. The molecule has 0 aliphatic carbocycles. The van der Waals surface area contributed by atoms with E-state index < -0.39 is 0 Å². The van der Waals surface area contributed by atoms with Crippen molar-refractivity contribution >= 4 is 11.9 Å². The fraction of sp³-hybridized carbons (Fsp3) is 0.100. The lowest BCUT2D eigenvalue weighted by Crippen LogP contribution is -1.92. The van der Waals surface area contributed by atoms with Crippen LogP contribution in [0.3, 0.4) is 0 Å². The molecule has 0 aromatic heterocycles. The van der Waals surface area contributed by atoms with Gasteiger partial charge in [0.1, 0.15) is 0 Å². The van der Waals surface area contributed by atoms with Crippen molar-refractivity contribution in [2.45, 2.75) is 6.92 Å². The van der Waals surface area contributed by atoms with Gasteiger partial charge in [-0.25, -0.2) is 0 Å². The topological polar surface area (TPSA) is 38.4 Å². The zero-order valence-corrected chi connectivity index (χ0v) is 7.12. The number of hydrogen-bond donors (Lipinski definition) is 1. The largest absolute Gasteiger partial charge is 0.398 e. The number of benzene rings is 1. The highest BCUT2D eigenvalue weighted by atomic mass is 14.7. The first kappa shape index (κ1) is 8.53. The van der Waals surface area contributed by atoms with E-state index in [9.17, 15) is 0 Å². The molecule has 2 heteroatoms. The summed E-state index contributed by atoms with van der Waals surface area (Å²) < 4.78 is 0. The fourth-order valence-electron chi connectivity index (χ4n) is 0.945. The van der Waals surface area contributed by atoms with E-state index in [0.717, 1.165) is 16.8 Å². The van der Waals surface area contributed by atoms with Gasteiger partial charge in [0.2, 0.25) is 0 Å². The minimum atomic E-state index is 0.751. The third-order valence-corrected chi connectivity index (χ3v) is 1.56. The number of rotatable bonds is 2. The molecule has 0 fully saturated rings. The summed E-state index contributed by atoms with van der Waals surface area (Å²) in [5.74, 6) is 0. The van der Waals surface area contributed by atoms with Crippen LogP contribution < -0.4 is 5.73 Å². The van der Waals surface area contributed by atoms with Crippen LogP contribution in [0.1, 0.15) is 11.1 Å².